The number of hydrogen-bond acceptors (Lipinski definition) is 6. The van der Waals surface area contributed by atoms with Crippen LogP contribution >= 0.6 is 15.9 Å². The van der Waals surface area contributed by atoms with E-state index in [1.54, 1.807) is 0 Å². The first-order valence-corrected chi connectivity index (χ1v) is 9.14. The fraction of sp³-hybridized carbons (Fsp3) is 0.375. The van der Waals surface area contributed by atoms with Crippen LogP contribution in [0.2, 0.25) is 0 Å². The minimum absolute atomic E-state index is 0.0562. The summed E-state index contributed by atoms with van der Waals surface area (Å²) in [6.07, 6.45) is 2.36. The fourth-order valence-electron chi connectivity index (χ4n) is 1.15. The monoisotopic (exact) mass is 372 g/mol. The highest BCUT2D eigenvalue weighted by Crippen LogP contribution is 2.19. The maximum absolute atomic E-state index is 11.9. The van der Waals surface area contributed by atoms with E-state index in [9.17, 15) is 16.8 Å². The van der Waals surface area contributed by atoms with Crippen LogP contribution in [0.15, 0.2) is 21.6 Å². The zero-order chi connectivity index (χ0) is 14.7. The summed E-state index contributed by atoms with van der Waals surface area (Å²) in [5.41, 5.74) is 5.49. The molecule has 1 aromatic rings. The highest BCUT2D eigenvalue weighted by Gasteiger charge is 2.18. The van der Waals surface area contributed by atoms with Crippen molar-refractivity contribution in [2.75, 3.05) is 25.1 Å². The number of aromatic nitrogens is 1. The Morgan fingerprint density at radius 1 is 1.26 bits per heavy atom. The van der Waals surface area contributed by atoms with Gasteiger partial charge in [-0.1, -0.05) is 0 Å². The molecule has 0 aliphatic rings. The van der Waals surface area contributed by atoms with Gasteiger partial charge in [0, 0.05) is 23.8 Å². The lowest BCUT2D eigenvalue weighted by atomic mass is 10.5. The van der Waals surface area contributed by atoms with Crippen molar-refractivity contribution in [3.8, 4) is 0 Å². The average molecular weight is 373 g/mol. The Morgan fingerprint density at radius 2 is 1.84 bits per heavy atom. The largest absolute Gasteiger partial charge is 0.383 e. The van der Waals surface area contributed by atoms with E-state index >= 15 is 0 Å². The summed E-state index contributed by atoms with van der Waals surface area (Å²) in [6, 6.07) is 1.31. The van der Waals surface area contributed by atoms with Gasteiger partial charge >= 0.3 is 0 Å². The minimum atomic E-state index is -3.83. The normalized spacial score (nSPS) is 12.5. The van der Waals surface area contributed by atoms with E-state index in [1.165, 1.54) is 12.3 Å². The van der Waals surface area contributed by atoms with Gasteiger partial charge < -0.3 is 5.73 Å². The number of nitrogen functional groups attached to an aromatic ring is 1. The Kier molecular flexibility index (Phi) is 5.26. The zero-order valence-corrected chi connectivity index (χ0v) is 13.1. The summed E-state index contributed by atoms with van der Waals surface area (Å²) in [7, 11) is -7.18. The average Bonchev–Trinajstić information content (AvgIpc) is 2.26. The number of rotatable bonds is 6. The van der Waals surface area contributed by atoms with Gasteiger partial charge in [0.05, 0.1) is 6.26 Å². The summed E-state index contributed by atoms with van der Waals surface area (Å²) in [5.74, 6) is -0.133. The molecule has 0 aromatic carbocycles. The number of nitrogens with one attached hydrogen (secondary N) is 2. The van der Waals surface area contributed by atoms with Gasteiger partial charge in [0.15, 0.2) is 0 Å². The fourth-order valence-corrected chi connectivity index (χ4v) is 3.24. The van der Waals surface area contributed by atoms with Crippen LogP contribution in [0, 0.1) is 0 Å². The maximum atomic E-state index is 11.9. The number of pyridine rings is 1. The molecule has 4 N–H and O–H groups in total. The Labute approximate surface area is 120 Å². The molecular weight excluding hydrogens is 360 g/mol. The van der Waals surface area contributed by atoms with E-state index in [2.05, 4.69) is 30.4 Å². The molecule has 0 spiro atoms. The first kappa shape index (κ1) is 16.3. The Bertz CT molecular complexity index is 659. The summed E-state index contributed by atoms with van der Waals surface area (Å²) < 4.78 is 50.3. The summed E-state index contributed by atoms with van der Waals surface area (Å²) in [5, 5.41) is 0. The van der Waals surface area contributed by atoms with Crippen molar-refractivity contribution in [2.24, 2.45) is 0 Å². The molecule has 1 heterocycles. The van der Waals surface area contributed by atoms with Crippen LogP contribution in [0.4, 0.5) is 5.82 Å². The highest BCUT2D eigenvalue weighted by atomic mass is 79.9. The van der Waals surface area contributed by atoms with Crippen LogP contribution in [0.1, 0.15) is 0 Å². The Hall–Kier alpha value is -0.750. The van der Waals surface area contributed by atoms with E-state index in [0.29, 0.717) is 4.47 Å². The summed E-state index contributed by atoms with van der Waals surface area (Å²) in [6.45, 7) is -0.152. The molecule has 0 unspecified atom stereocenters. The van der Waals surface area contributed by atoms with Gasteiger partial charge in [0.25, 0.3) is 0 Å². The number of hydrogen-bond donors (Lipinski definition) is 3. The summed E-state index contributed by atoms with van der Waals surface area (Å²) >= 11 is 3.09. The quantitative estimate of drug-likeness (QED) is 0.563. The molecule has 0 atom stereocenters. The van der Waals surface area contributed by atoms with Gasteiger partial charge in [-0.05, 0) is 22.0 Å². The lowest BCUT2D eigenvalue weighted by Gasteiger charge is -2.09. The van der Waals surface area contributed by atoms with E-state index in [1.807, 2.05) is 0 Å². The summed E-state index contributed by atoms with van der Waals surface area (Å²) in [4.78, 5) is 3.55. The SMILES string of the molecule is CS(=O)(=O)NCCNS(=O)(=O)c1cc(Br)cnc1N. The number of anilines is 1. The van der Waals surface area contributed by atoms with E-state index in [4.69, 9.17) is 5.73 Å². The molecule has 108 valence electrons. The Balaban J connectivity index is 2.74. The third-order valence-corrected chi connectivity index (χ3v) is 4.57. The molecule has 0 radical (unpaired) electrons. The van der Waals surface area contributed by atoms with Crippen LogP contribution in [-0.2, 0) is 20.0 Å². The molecular formula is C8H13BrN4O4S2. The van der Waals surface area contributed by atoms with Crippen molar-refractivity contribution < 1.29 is 16.8 Å². The predicted molar refractivity (Wildman–Crippen MR) is 74.4 cm³/mol. The van der Waals surface area contributed by atoms with E-state index < -0.39 is 20.0 Å². The standard InChI is InChI=1S/C8H13BrN4O4S2/c1-18(14,15)12-2-3-13-19(16,17)7-4-6(9)5-11-8(7)10/h4-5,12-13H,2-3H2,1H3,(H2,10,11). The molecule has 0 aliphatic heterocycles. The highest BCUT2D eigenvalue weighted by molar-refractivity contribution is 9.10. The first-order valence-electron chi connectivity index (χ1n) is 4.97. The van der Waals surface area contributed by atoms with Crippen molar-refractivity contribution in [3.63, 3.8) is 0 Å². The van der Waals surface area contributed by atoms with Crippen molar-refractivity contribution in [1.29, 1.82) is 0 Å². The van der Waals surface area contributed by atoms with Gasteiger partial charge in [-0.15, -0.1) is 0 Å². The molecule has 1 rings (SSSR count). The van der Waals surface area contributed by atoms with Crippen LogP contribution in [0.3, 0.4) is 0 Å². The second kappa shape index (κ2) is 6.13. The molecule has 8 nitrogen and oxygen atoms in total. The van der Waals surface area contributed by atoms with Crippen molar-refractivity contribution in [1.82, 2.24) is 14.4 Å². The van der Waals surface area contributed by atoms with Crippen LogP contribution in [-0.4, -0.2) is 41.2 Å². The number of nitrogens with two attached hydrogens (primary N) is 1. The molecule has 0 saturated carbocycles. The number of halogens is 1. The number of nitrogens with zero attached hydrogens (tertiary/aromatic N) is 1. The predicted octanol–water partition coefficient (Wildman–Crippen LogP) is -0.746. The van der Waals surface area contributed by atoms with Crippen molar-refractivity contribution in [2.45, 2.75) is 4.90 Å². The molecule has 19 heavy (non-hydrogen) atoms. The van der Waals surface area contributed by atoms with Crippen LogP contribution < -0.4 is 15.2 Å². The van der Waals surface area contributed by atoms with Crippen molar-refractivity contribution in [3.05, 3.63) is 16.7 Å². The Morgan fingerprint density at radius 3 is 2.42 bits per heavy atom. The molecule has 11 heteroatoms. The third kappa shape index (κ3) is 5.40. The topological polar surface area (TPSA) is 131 Å². The van der Waals surface area contributed by atoms with Crippen LogP contribution in [0.25, 0.3) is 0 Å². The van der Waals surface area contributed by atoms with Gasteiger partial charge in [0.1, 0.15) is 10.7 Å². The molecule has 1 aromatic heterocycles. The van der Waals surface area contributed by atoms with Crippen molar-refractivity contribution >= 4 is 41.8 Å². The maximum Gasteiger partial charge on any atom is 0.244 e. The lowest BCUT2D eigenvalue weighted by molar-refractivity contribution is 0.573. The van der Waals surface area contributed by atoms with E-state index in [-0.39, 0.29) is 23.8 Å². The molecule has 0 amide bonds. The first-order chi connectivity index (χ1) is 8.62. The minimum Gasteiger partial charge on any atom is -0.383 e. The second-order valence-corrected chi connectivity index (χ2v) is 8.09. The van der Waals surface area contributed by atoms with Crippen LogP contribution in [0.5, 0.6) is 0 Å². The van der Waals surface area contributed by atoms with E-state index in [0.717, 1.165) is 6.26 Å². The van der Waals surface area contributed by atoms with Gasteiger partial charge in [-0.3, -0.25) is 0 Å². The molecule has 0 aliphatic carbocycles. The second-order valence-electron chi connectivity index (χ2n) is 3.60. The zero-order valence-electron chi connectivity index (χ0n) is 9.92. The number of sulfonamides is 2. The lowest BCUT2D eigenvalue weighted by Crippen LogP contribution is -2.34. The third-order valence-electron chi connectivity index (χ3n) is 1.92. The molecule has 0 bridgehead atoms. The van der Waals surface area contributed by atoms with Gasteiger partial charge in [-0.25, -0.2) is 31.3 Å². The smallest absolute Gasteiger partial charge is 0.244 e. The van der Waals surface area contributed by atoms with Gasteiger partial charge in [-0.2, -0.15) is 0 Å². The van der Waals surface area contributed by atoms with Gasteiger partial charge in [0.2, 0.25) is 20.0 Å². The molecule has 0 fully saturated rings. The molecule has 0 saturated heterocycles.